The summed E-state index contributed by atoms with van der Waals surface area (Å²) in [6.07, 6.45) is 3.15. The average Bonchev–Trinajstić information content (AvgIpc) is 2.37. The Kier molecular flexibility index (Phi) is 4.38. The molecule has 0 aliphatic rings. The third kappa shape index (κ3) is 3.40. The first-order valence-electron chi connectivity index (χ1n) is 5.06. The van der Waals surface area contributed by atoms with Gasteiger partial charge in [-0.25, -0.2) is 0 Å². The highest BCUT2D eigenvalue weighted by atomic mass is 16.4. The summed E-state index contributed by atoms with van der Waals surface area (Å²) in [7, 11) is 1.65. The number of rotatable bonds is 4. The van der Waals surface area contributed by atoms with Gasteiger partial charge in [0.25, 0.3) is 5.91 Å². The van der Waals surface area contributed by atoms with Gasteiger partial charge >= 0.3 is 0 Å². The van der Waals surface area contributed by atoms with Crippen LogP contribution in [0.4, 0.5) is 0 Å². The van der Waals surface area contributed by atoms with Crippen LogP contribution in [0.2, 0.25) is 0 Å². The number of oxime groups is 1. The van der Waals surface area contributed by atoms with Crippen molar-refractivity contribution in [3.05, 3.63) is 24.0 Å². The molecule has 1 aromatic heterocycles. The molecule has 0 aromatic carbocycles. The second-order valence-corrected chi connectivity index (χ2v) is 3.69. The molecule has 0 aliphatic carbocycles. The Balaban J connectivity index is 2.70. The zero-order valence-electron chi connectivity index (χ0n) is 9.74. The molecular weight excluding hydrogens is 222 g/mol. The SMILES string of the molecule is CC(C/C(N)=N/O)N(C)C(=O)c1ccnnc1. The number of nitrogens with zero attached hydrogens (tertiary/aromatic N) is 4. The zero-order chi connectivity index (χ0) is 12.8. The zero-order valence-corrected chi connectivity index (χ0v) is 9.74. The van der Waals surface area contributed by atoms with Gasteiger partial charge in [0.1, 0.15) is 5.84 Å². The molecule has 0 saturated carbocycles. The van der Waals surface area contributed by atoms with Crippen LogP contribution in [0.1, 0.15) is 23.7 Å². The molecule has 1 amide bonds. The molecule has 0 radical (unpaired) electrons. The first-order valence-corrected chi connectivity index (χ1v) is 5.06. The smallest absolute Gasteiger partial charge is 0.255 e. The van der Waals surface area contributed by atoms with E-state index in [0.29, 0.717) is 12.0 Å². The lowest BCUT2D eigenvalue weighted by Gasteiger charge is -2.24. The monoisotopic (exact) mass is 237 g/mol. The fourth-order valence-corrected chi connectivity index (χ4v) is 1.30. The molecule has 0 bridgehead atoms. The number of carbonyl (C=O) groups is 1. The lowest BCUT2D eigenvalue weighted by molar-refractivity contribution is 0.0746. The fraction of sp³-hybridized carbons (Fsp3) is 0.400. The number of aromatic nitrogens is 2. The molecular formula is C10H15N5O2. The van der Waals surface area contributed by atoms with Gasteiger partial charge in [-0.1, -0.05) is 5.16 Å². The minimum atomic E-state index is -0.182. The Morgan fingerprint density at radius 3 is 2.88 bits per heavy atom. The highest BCUT2D eigenvalue weighted by Crippen LogP contribution is 2.07. The molecule has 0 aliphatic heterocycles. The minimum Gasteiger partial charge on any atom is -0.409 e. The summed E-state index contributed by atoms with van der Waals surface area (Å²) in [4.78, 5) is 13.5. The van der Waals surface area contributed by atoms with Gasteiger partial charge in [-0.2, -0.15) is 10.2 Å². The van der Waals surface area contributed by atoms with Crippen LogP contribution in [0.15, 0.2) is 23.6 Å². The predicted molar refractivity (Wildman–Crippen MR) is 61.6 cm³/mol. The van der Waals surface area contributed by atoms with Gasteiger partial charge in [-0.05, 0) is 13.0 Å². The van der Waals surface area contributed by atoms with Crippen molar-refractivity contribution in [1.29, 1.82) is 0 Å². The first-order chi connectivity index (χ1) is 8.06. The molecule has 1 unspecified atom stereocenters. The molecule has 1 atom stereocenters. The van der Waals surface area contributed by atoms with Gasteiger partial charge in [-0.15, -0.1) is 0 Å². The van der Waals surface area contributed by atoms with Crippen molar-refractivity contribution in [2.24, 2.45) is 10.9 Å². The summed E-state index contributed by atoms with van der Waals surface area (Å²) >= 11 is 0. The van der Waals surface area contributed by atoms with E-state index in [1.165, 1.54) is 17.3 Å². The van der Waals surface area contributed by atoms with Crippen LogP contribution in [0, 0.1) is 0 Å². The molecule has 0 fully saturated rings. The van der Waals surface area contributed by atoms with E-state index in [0.717, 1.165) is 0 Å². The Bertz CT molecular complexity index is 406. The summed E-state index contributed by atoms with van der Waals surface area (Å²) < 4.78 is 0. The summed E-state index contributed by atoms with van der Waals surface area (Å²) in [5.74, 6) is -0.0943. The number of carbonyl (C=O) groups excluding carboxylic acids is 1. The highest BCUT2D eigenvalue weighted by Gasteiger charge is 2.18. The summed E-state index contributed by atoms with van der Waals surface area (Å²) in [6.45, 7) is 1.81. The highest BCUT2D eigenvalue weighted by molar-refractivity contribution is 5.94. The van der Waals surface area contributed by atoms with Crippen LogP contribution in [-0.2, 0) is 0 Å². The Labute approximate surface area is 98.9 Å². The van der Waals surface area contributed by atoms with E-state index in [9.17, 15) is 4.79 Å². The molecule has 17 heavy (non-hydrogen) atoms. The first kappa shape index (κ1) is 12.9. The quantitative estimate of drug-likeness (QED) is 0.334. The Morgan fingerprint density at radius 1 is 1.65 bits per heavy atom. The van der Waals surface area contributed by atoms with Gasteiger partial charge < -0.3 is 15.8 Å². The van der Waals surface area contributed by atoms with E-state index >= 15 is 0 Å². The molecule has 1 heterocycles. The number of hydrogen-bond donors (Lipinski definition) is 2. The van der Waals surface area contributed by atoms with Crippen molar-refractivity contribution < 1.29 is 10.0 Å². The largest absolute Gasteiger partial charge is 0.409 e. The van der Waals surface area contributed by atoms with Crippen LogP contribution < -0.4 is 5.73 Å². The number of nitrogens with two attached hydrogens (primary N) is 1. The van der Waals surface area contributed by atoms with Crippen LogP contribution in [0.25, 0.3) is 0 Å². The van der Waals surface area contributed by atoms with Crippen LogP contribution in [-0.4, -0.2) is 45.1 Å². The van der Waals surface area contributed by atoms with Crippen molar-refractivity contribution in [2.45, 2.75) is 19.4 Å². The second kappa shape index (κ2) is 5.78. The molecule has 3 N–H and O–H groups in total. The van der Waals surface area contributed by atoms with Crippen LogP contribution in [0.3, 0.4) is 0 Å². The fourth-order valence-electron chi connectivity index (χ4n) is 1.30. The second-order valence-electron chi connectivity index (χ2n) is 3.69. The lowest BCUT2D eigenvalue weighted by Crippen LogP contribution is -2.37. The van der Waals surface area contributed by atoms with Gasteiger partial charge in [-0.3, -0.25) is 4.79 Å². The van der Waals surface area contributed by atoms with Crippen molar-refractivity contribution in [2.75, 3.05) is 7.05 Å². The Morgan fingerprint density at radius 2 is 2.35 bits per heavy atom. The maximum atomic E-state index is 12.0. The molecule has 7 heteroatoms. The maximum Gasteiger partial charge on any atom is 0.255 e. The Hall–Kier alpha value is -2.18. The van der Waals surface area contributed by atoms with E-state index in [1.54, 1.807) is 13.1 Å². The third-order valence-electron chi connectivity index (χ3n) is 2.45. The van der Waals surface area contributed by atoms with Gasteiger partial charge in [0.05, 0.1) is 18.0 Å². The van der Waals surface area contributed by atoms with E-state index in [1.807, 2.05) is 6.92 Å². The summed E-state index contributed by atoms with van der Waals surface area (Å²) in [5, 5.41) is 18.6. The average molecular weight is 237 g/mol. The molecule has 1 aromatic rings. The van der Waals surface area contributed by atoms with Gasteiger partial charge in [0.15, 0.2) is 0 Å². The molecule has 0 saturated heterocycles. The van der Waals surface area contributed by atoms with Crippen molar-refractivity contribution in [3.63, 3.8) is 0 Å². The van der Waals surface area contributed by atoms with Crippen molar-refractivity contribution in [3.8, 4) is 0 Å². The predicted octanol–water partition coefficient (Wildman–Crippen LogP) is 0.0736. The molecule has 7 nitrogen and oxygen atoms in total. The van der Waals surface area contributed by atoms with Crippen LogP contribution >= 0.6 is 0 Å². The number of amides is 1. The van der Waals surface area contributed by atoms with Crippen molar-refractivity contribution >= 4 is 11.7 Å². The van der Waals surface area contributed by atoms with E-state index < -0.39 is 0 Å². The standard InChI is InChI=1S/C10H15N5O2/c1-7(5-9(11)14-17)15(2)10(16)8-3-4-12-13-6-8/h3-4,6-7,17H,5H2,1-2H3,(H2,11,14). The normalized spacial score (nSPS) is 13.2. The number of amidine groups is 1. The lowest BCUT2D eigenvalue weighted by atomic mass is 10.1. The summed E-state index contributed by atoms with van der Waals surface area (Å²) in [6, 6.07) is 1.41. The van der Waals surface area contributed by atoms with Crippen LogP contribution in [0.5, 0.6) is 0 Å². The molecule has 1 rings (SSSR count). The van der Waals surface area contributed by atoms with E-state index in [4.69, 9.17) is 10.9 Å². The van der Waals surface area contributed by atoms with E-state index in [2.05, 4.69) is 15.4 Å². The molecule has 92 valence electrons. The minimum absolute atomic E-state index is 0.0880. The van der Waals surface area contributed by atoms with Gasteiger partial charge in [0, 0.05) is 19.5 Å². The third-order valence-corrected chi connectivity index (χ3v) is 2.45. The van der Waals surface area contributed by atoms with Crippen molar-refractivity contribution in [1.82, 2.24) is 15.1 Å². The molecule has 0 spiro atoms. The maximum absolute atomic E-state index is 12.0. The van der Waals surface area contributed by atoms with E-state index in [-0.39, 0.29) is 17.8 Å². The summed E-state index contributed by atoms with van der Waals surface area (Å²) in [5.41, 5.74) is 5.84. The van der Waals surface area contributed by atoms with Gasteiger partial charge in [0.2, 0.25) is 0 Å². The topological polar surface area (TPSA) is 105 Å². The number of hydrogen-bond acceptors (Lipinski definition) is 5.